The third kappa shape index (κ3) is 2.50. The predicted octanol–water partition coefficient (Wildman–Crippen LogP) is 1.27. The second-order valence-electron chi connectivity index (χ2n) is 5.19. The van der Waals surface area contributed by atoms with Crippen LogP contribution in [0.5, 0.6) is 0 Å². The van der Waals surface area contributed by atoms with Gasteiger partial charge in [-0.1, -0.05) is 0 Å². The van der Waals surface area contributed by atoms with Crippen molar-refractivity contribution in [2.45, 2.75) is 18.9 Å². The molecule has 0 saturated carbocycles. The number of carbonyl (C=O) groups excluding carboxylic acids is 1. The summed E-state index contributed by atoms with van der Waals surface area (Å²) < 4.78 is 0. The molecular weight excluding hydrogens is 264 g/mol. The number of piperidine rings is 3. The van der Waals surface area contributed by atoms with Crippen LogP contribution in [0.25, 0.3) is 0 Å². The second-order valence-corrected chi connectivity index (χ2v) is 6.27. The molecule has 1 aromatic rings. The van der Waals surface area contributed by atoms with Crippen LogP contribution in [0.15, 0.2) is 12.1 Å². The van der Waals surface area contributed by atoms with Gasteiger partial charge in [-0.2, -0.15) is 0 Å². The quantitative estimate of drug-likeness (QED) is 0.875. The van der Waals surface area contributed by atoms with Crippen molar-refractivity contribution < 1.29 is 14.7 Å². The summed E-state index contributed by atoms with van der Waals surface area (Å²) in [5, 5.41) is 11.9. The van der Waals surface area contributed by atoms with E-state index in [4.69, 9.17) is 5.11 Å². The summed E-state index contributed by atoms with van der Waals surface area (Å²) in [6.45, 7) is 3.20. The van der Waals surface area contributed by atoms with E-state index in [9.17, 15) is 9.59 Å². The number of carbonyl (C=O) groups is 2. The Morgan fingerprint density at radius 3 is 2.47 bits per heavy atom. The molecule has 3 saturated heterocycles. The molecule has 0 spiro atoms. The molecule has 4 rings (SSSR count). The molecule has 102 valence electrons. The number of hydrogen-bond donors (Lipinski definition) is 2. The summed E-state index contributed by atoms with van der Waals surface area (Å²) in [5.41, 5.74) is 0. The SMILES string of the molecule is O=C(O)c1ccc(C(=O)NC2CN3CCC2CC3)s1. The van der Waals surface area contributed by atoms with Gasteiger partial charge in [-0.3, -0.25) is 4.79 Å². The molecule has 3 aliphatic rings. The molecule has 1 aromatic heterocycles. The van der Waals surface area contributed by atoms with Gasteiger partial charge >= 0.3 is 5.97 Å². The summed E-state index contributed by atoms with van der Waals surface area (Å²) in [4.78, 5) is 26.0. The van der Waals surface area contributed by atoms with Gasteiger partial charge in [-0.05, 0) is 44.0 Å². The number of hydrogen-bond acceptors (Lipinski definition) is 4. The largest absolute Gasteiger partial charge is 0.477 e. The molecule has 0 radical (unpaired) electrons. The van der Waals surface area contributed by atoms with Crippen LogP contribution in [0, 0.1) is 5.92 Å². The molecule has 0 aliphatic carbocycles. The van der Waals surface area contributed by atoms with Crippen molar-refractivity contribution >= 4 is 23.2 Å². The van der Waals surface area contributed by atoms with Crippen molar-refractivity contribution in [3.8, 4) is 0 Å². The smallest absolute Gasteiger partial charge is 0.345 e. The molecule has 3 fully saturated rings. The lowest BCUT2D eigenvalue weighted by Gasteiger charge is -2.44. The van der Waals surface area contributed by atoms with Crippen molar-refractivity contribution in [1.29, 1.82) is 0 Å². The minimum atomic E-state index is -0.980. The maximum Gasteiger partial charge on any atom is 0.345 e. The van der Waals surface area contributed by atoms with E-state index < -0.39 is 5.97 Å². The Balaban J connectivity index is 1.66. The highest BCUT2D eigenvalue weighted by atomic mass is 32.1. The number of amides is 1. The zero-order valence-electron chi connectivity index (χ0n) is 10.5. The number of nitrogens with one attached hydrogen (secondary N) is 1. The van der Waals surface area contributed by atoms with Gasteiger partial charge in [0.25, 0.3) is 5.91 Å². The van der Waals surface area contributed by atoms with Crippen LogP contribution in [0.1, 0.15) is 32.2 Å². The number of carboxylic acids is 1. The van der Waals surface area contributed by atoms with Crippen molar-refractivity contribution in [3.63, 3.8) is 0 Å². The van der Waals surface area contributed by atoms with Crippen LogP contribution in [0.4, 0.5) is 0 Å². The Bertz CT molecular complexity index is 506. The third-order valence-corrected chi connectivity index (χ3v) is 5.09. The summed E-state index contributed by atoms with van der Waals surface area (Å²) in [7, 11) is 0. The van der Waals surface area contributed by atoms with Crippen LogP contribution >= 0.6 is 11.3 Å². The predicted molar refractivity (Wildman–Crippen MR) is 71.7 cm³/mol. The molecule has 0 aromatic carbocycles. The van der Waals surface area contributed by atoms with E-state index in [-0.39, 0.29) is 16.8 Å². The van der Waals surface area contributed by atoms with Crippen molar-refractivity contribution in [2.24, 2.45) is 5.92 Å². The van der Waals surface area contributed by atoms with Crippen LogP contribution in [0.2, 0.25) is 0 Å². The Morgan fingerprint density at radius 2 is 1.95 bits per heavy atom. The first-order chi connectivity index (χ1) is 9.13. The van der Waals surface area contributed by atoms with E-state index >= 15 is 0 Å². The Morgan fingerprint density at radius 1 is 1.26 bits per heavy atom. The van der Waals surface area contributed by atoms with Gasteiger partial charge in [-0.15, -0.1) is 11.3 Å². The Kier molecular flexibility index (Phi) is 3.28. The number of aromatic carboxylic acids is 1. The third-order valence-electron chi connectivity index (χ3n) is 4.01. The Hall–Kier alpha value is -1.40. The topological polar surface area (TPSA) is 69.6 Å². The van der Waals surface area contributed by atoms with Crippen molar-refractivity contribution in [2.75, 3.05) is 19.6 Å². The molecule has 1 unspecified atom stereocenters. The maximum atomic E-state index is 12.1. The molecule has 4 heterocycles. The highest BCUT2D eigenvalue weighted by molar-refractivity contribution is 7.15. The number of carboxylic acid groups (broad SMARTS) is 1. The van der Waals surface area contributed by atoms with E-state index in [1.165, 1.54) is 6.07 Å². The number of rotatable bonds is 3. The zero-order chi connectivity index (χ0) is 13.4. The molecule has 5 nitrogen and oxygen atoms in total. The van der Waals surface area contributed by atoms with E-state index in [2.05, 4.69) is 10.2 Å². The first kappa shape index (κ1) is 12.6. The van der Waals surface area contributed by atoms with Gasteiger partial charge in [0, 0.05) is 12.6 Å². The van der Waals surface area contributed by atoms with Gasteiger partial charge in [0.1, 0.15) is 4.88 Å². The van der Waals surface area contributed by atoms with Crippen LogP contribution in [-0.2, 0) is 0 Å². The number of fused-ring (bicyclic) bond motifs is 3. The van der Waals surface area contributed by atoms with E-state index in [0.29, 0.717) is 10.8 Å². The maximum absolute atomic E-state index is 12.1. The Labute approximate surface area is 115 Å². The minimum Gasteiger partial charge on any atom is -0.477 e. The lowest BCUT2D eigenvalue weighted by Crippen LogP contribution is -2.57. The normalized spacial score (nSPS) is 29.2. The number of thiophene rings is 1. The van der Waals surface area contributed by atoms with Gasteiger partial charge in [0.05, 0.1) is 4.88 Å². The average molecular weight is 280 g/mol. The average Bonchev–Trinajstić information content (AvgIpc) is 2.90. The van der Waals surface area contributed by atoms with E-state index in [1.807, 2.05) is 0 Å². The molecule has 2 bridgehead atoms. The van der Waals surface area contributed by atoms with Crippen LogP contribution in [0.3, 0.4) is 0 Å². The standard InChI is InChI=1S/C13H16N2O3S/c16-12(10-1-2-11(19-10)13(17)18)14-9-7-15-5-3-8(9)4-6-15/h1-2,8-9H,3-7H2,(H,14,16)(H,17,18). The molecule has 1 amide bonds. The van der Waals surface area contributed by atoms with Crippen LogP contribution < -0.4 is 5.32 Å². The van der Waals surface area contributed by atoms with Crippen molar-refractivity contribution in [1.82, 2.24) is 10.2 Å². The lowest BCUT2D eigenvalue weighted by atomic mass is 9.84. The van der Waals surface area contributed by atoms with Gasteiger partial charge in [0.15, 0.2) is 0 Å². The first-order valence-electron chi connectivity index (χ1n) is 6.50. The fourth-order valence-corrected chi connectivity index (χ4v) is 3.69. The summed E-state index contributed by atoms with van der Waals surface area (Å²) in [5.74, 6) is -0.545. The van der Waals surface area contributed by atoms with Crippen LogP contribution in [-0.4, -0.2) is 47.6 Å². The minimum absolute atomic E-state index is 0.142. The first-order valence-corrected chi connectivity index (χ1v) is 7.31. The fourth-order valence-electron chi connectivity index (χ4n) is 2.94. The molecule has 3 aliphatic heterocycles. The molecule has 6 heteroatoms. The van der Waals surface area contributed by atoms with Gasteiger partial charge in [-0.25, -0.2) is 4.79 Å². The van der Waals surface area contributed by atoms with Crippen molar-refractivity contribution in [3.05, 3.63) is 21.9 Å². The molecule has 1 atom stereocenters. The zero-order valence-corrected chi connectivity index (χ0v) is 11.3. The lowest BCUT2D eigenvalue weighted by molar-refractivity contribution is 0.0622. The monoisotopic (exact) mass is 280 g/mol. The second kappa shape index (κ2) is 4.94. The highest BCUT2D eigenvalue weighted by Gasteiger charge is 2.35. The van der Waals surface area contributed by atoms with E-state index in [1.54, 1.807) is 6.07 Å². The molecule has 2 N–H and O–H groups in total. The highest BCUT2D eigenvalue weighted by Crippen LogP contribution is 2.28. The summed E-state index contributed by atoms with van der Waals surface area (Å²) in [6, 6.07) is 3.29. The summed E-state index contributed by atoms with van der Waals surface area (Å²) >= 11 is 1.03. The number of nitrogens with zero attached hydrogens (tertiary/aromatic N) is 1. The molecule has 19 heavy (non-hydrogen) atoms. The van der Waals surface area contributed by atoms with E-state index in [0.717, 1.165) is 43.8 Å². The van der Waals surface area contributed by atoms with Gasteiger partial charge < -0.3 is 15.3 Å². The summed E-state index contributed by atoms with van der Waals surface area (Å²) in [6.07, 6.45) is 2.30. The molecular formula is C13H16N2O3S. The van der Waals surface area contributed by atoms with Gasteiger partial charge in [0.2, 0.25) is 0 Å². The fraction of sp³-hybridized carbons (Fsp3) is 0.538.